The van der Waals surface area contributed by atoms with E-state index in [1.165, 1.54) is 11.3 Å². The highest BCUT2D eigenvalue weighted by atomic mass is 16.5. The van der Waals surface area contributed by atoms with Gasteiger partial charge in [0.15, 0.2) is 0 Å². The third-order valence-corrected chi connectivity index (χ3v) is 3.21. The van der Waals surface area contributed by atoms with Gasteiger partial charge in [-0.2, -0.15) is 0 Å². The highest BCUT2D eigenvalue weighted by Crippen LogP contribution is 2.20. The van der Waals surface area contributed by atoms with Gasteiger partial charge in [0.1, 0.15) is 5.75 Å². The van der Waals surface area contributed by atoms with Gasteiger partial charge in [-0.1, -0.05) is 18.2 Å². The van der Waals surface area contributed by atoms with Crippen molar-refractivity contribution in [3.63, 3.8) is 0 Å². The zero-order chi connectivity index (χ0) is 14.4. The van der Waals surface area contributed by atoms with Gasteiger partial charge >= 0.3 is 0 Å². The Kier molecular flexibility index (Phi) is 4.88. The summed E-state index contributed by atoms with van der Waals surface area (Å²) >= 11 is 0. The van der Waals surface area contributed by atoms with E-state index in [1.54, 1.807) is 0 Å². The molecule has 0 aliphatic heterocycles. The fourth-order valence-electron chi connectivity index (χ4n) is 2.18. The quantitative estimate of drug-likeness (QED) is 0.646. The summed E-state index contributed by atoms with van der Waals surface area (Å²) in [5.41, 5.74) is 9.04. The van der Waals surface area contributed by atoms with Crippen LogP contribution in [0.25, 0.3) is 0 Å². The average molecular weight is 270 g/mol. The van der Waals surface area contributed by atoms with Crippen molar-refractivity contribution < 1.29 is 4.74 Å². The Bertz CT molecular complexity index is 535. The van der Waals surface area contributed by atoms with Crippen LogP contribution in [0.15, 0.2) is 48.5 Å². The molecule has 0 saturated heterocycles. The lowest BCUT2D eigenvalue weighted by molar-refractivity contribution is 0.311. The summed E-state index contributed by atoms with van der Waals surface area (Å²) in [6.45, 7) is 0.714. The number of rotatable bonds is 6. The van der Waals surface area contributed by atoms with E-state index >= 15 is 0 Å². The van der Waals surface area contributed by atoms with Gasteiger partial charge in [0.05, 0.1) is 6.61 Å². The van der Waals surface area contributed by atoms with Crippen molar-refractivity contribution in [3.05, 3.63) is 54.1 Å². The molecule has 0 amide bonds. The van der Waals surface area contributed by atoms with Crippen LogP contribution in [0.1, 0.15) is 12.0 Å². The minimum Gasteiger partial charge on any atom is -0.494 e. The first-order valence-electron chi connectivity index (χ1n) is 6.90. The van der Waals surface area contributed by atoms with E-state index in [1.807, 2.05) is 24.3 Å². The Morgan fingerprint density at radius 1 is 1.00 bits per heavy atom. The van der Waals surface area contributed by atoms with Gasteiger partial charge in [-0.25, -0.2) is 0 Å². The molecule has 0 fully saturated rings. The smallest absolute Gasteiger partial charge is 0.119 e. The van der Waals surface area contributed by atoms with Crippen LogP contribution in [0.2, 0.25) is 0 Å². The molecule has 106 valence electrons. The second-order valence-corrected chi connectivity index (χ2v) is 5.04. The van der Waals surface area contributed by atoms with Gasteiger partial charge in [0.2, 0.25) is 0 Å². The molecular weight excluding hydrogens is 248 g/mol. The number of aryl methyl sites for hydroxylation is 1. The van der Waals surface area contributed by atoms with Crippen molar-refractivity contribution in [1.82, 2.24) is 0 Å². The van der Waals surface area contributed by atoms with E-state index in [9.17, 15) is 0 Å². The topological polar surface area (TPSA) is 38.5 Å². The molecule has 0 aliphatic carbocycles. The predicted molar refractivity (Wildman–Crippen MR) is 85.4 cm³/mol. The van der Waals surface area contributed by atoms with Crippen LogP contribution in [-0.4, -0.2) is 20.7 Å². The van der Waals surface area contributed by atoms with Gasteiger partial charge in [0, 0.05) is 25.5 Å². The Morgan fingerprint density at radius 2 is 1.70 bits per heavy atom. The van der Waals surface area contributed by atoms with Crippen LogP contribution in [0, 0.1) is 0 Å². The standard InChI is InChI=1S/C17H22N2O/c1-19(2)17-8-4-3-6-14(17)7-5-13-20-16-11-9-15(18)10-12-16/h3-4,6,8-12H,5,7,13,18H2,1-2H3. The molecule has 0 saturated carbocycles. The molecule has 2 N–H and O–H groups in total. The van der Waals surface area contributed by atoms with E-state index in [-0.39, 0.29) is 0 Å². The minimum atomic E-state index is 0.714. The third-order valence-electron chi connectivity index (χ3n) is 3.21. The minimum absolute atomic E-state index is 0.714. The Hall–Kier alpha value is -2.16. The van der Waals surface area contributed by atoms with Crippen LogP contribution in [-0.2, 0) is 6.42 Å². The summed E-state index contributed by atoms with van der Waals surface area (Å²) in [6.07, 6.45) is 2.01. The first-order valence-corrected chi connectivity index (χ1v) is 6.90. The highest BCUT2D eigenvalue weighted by Gasteiger charge is 2.03. The van der Waals surface area contributed by atoms with Crippen molar-refractivity contribution in [1.29, 1.82) is 0 Å². The lowest BCUT2D eigenvalue weighted by Gasteiger charge is -2.17. The van der Waals surface area contributed by atoms with E-state index < -0.39 is 0 Å². The number of benzene rings is 2. The van der Waals surface area contributed by atoms with Crippen molar-refractivity contribution in [2.45, 2.75) is 12.8 Å². The van der Waals surface area contributed by atoms with Gasteiger partial charge < -0.3 is 15.4 Å². The average Bonchev–Trinajstić information content (AvgIpc) is 2.46. The number of nitrogens with zero attached hydrogens (tertiary/aromatic N) is 1. The maximum atomic E-state index is 5.71. The van der Waals surface area contributed by atoms with Crippen LogP contribution >= 0.6 is 0 Å². The molecule has 2 rings (SSSR count). The third kappa shape index (κ3) is 3.92. The first-order chi connectivity index (χ1) is 9.66. The molecule has 3 heteroatoms. The molecule has 0 aliphatic rings. The van der Waals surface area contributed by atoms with Crippen molar-refractivity contribution in [3.8, 4) is 5.75 Å². The summed E-state index contributed by atoms with van der Waals surface area (Å²) in [7, 11) is 4.15. The molecule has 0 aromatic heterocycles. The zero-order valence-electron chi connectivity index (χ0n) is 12.2. The zero-order valence-corrected chi connectivity index (χ0v) is 12.2. The molecular formula is C17H22N2O. The van der Waals surface area contributed by atoms with Gasteiger partial charge in [-0.3, -0.25) is 0 Å². The molecule has 3 nitrogen and oxygen atoms in total. The maximum Gasteiger partial charge on any atom is 0.119 e. The maximum absolute atomic E-state index is 5.71. The number of nitrogen functional groups attached to an aromatic ring is 1. The van der Waals surface area contributed by atoms with Gasteiger partial charge in [0.25, 0.3) is 0 Å². The molecule has 2 aromatic carbocycles. The predicted octanol–water partition coefficient (Wildman–Crippen LogP) is 3.35. The SMILES string of the molecule is CN(C)c1ccccc1CCCOc1ccc(N)cc1. The molecule has 0 unspecified atom stereocenters. The molecule has 0 heterocycles. The number of hydrogen-bond acceptors (Lipinski definition) is 3. The van der Waals surface area contributed by atoms with Crippen LogP contribution in [0.4, 0.5) is 11.4 Å². The van der Waals surface area contributed by atoms with Crippen molar-refractivity contribution in [2.24, 2.45) is 0 Å². The van der Waals surface area contributed by atoms with Crippen molar-refractivity contribution >= 4 is 11.4 Å². The Balaban J connectivity index is 1.83. The summed E-state index contributed by atoms with van der Waals surface area (Å²) in [5.74, 6) is 0.875. The second kappa shape index (κ2) is 6.85. The number of hydrogen-bond donors (Lipinski definition) is 1. The van der Waals surface area contributed by atoms with Gasteiger partial charge in [-0.05, 0) is 48.7 Å². The second-order valence-electron chi connectivity index (χ2n) is 5.04. The lowest BCUT2D eigenvalue weighted by atomic mass is 10.1. The number of nitrogens with two attached hydrogens (primary N) is 1. The van der Waals surface area contributed by atoms with Crippen molar-refractivity contribution in [2.75, 3.05) is 31.3 Å². The lowest BCUT2D eigenvalue weighted by Crippen LogP contribution is -2.11. The number of ether oxygens (including phenoxy) is 1. The molecule has 2 aromatic rings. The van der Waals surface area contributed by atoms with Crippen LogP contribution in [0.3, 0.4) is 0 Å². The van der Waals surface area contributed by atoms with Gasteiger partial charge in [-0.15, -0.1) is 0 Å². The molecule has 20 heavy (non-hydrogen) atoms. The Morgan fingerprint density at radius 3 is 2.40 bits per heavy atom. The number of anilines is 2. The van der Waals surface area contributed by atoms with E-state index in [0.717, 1.165) is 24.3 Å². The normalized spacial score (nSPS) is 10.3. The monoisotopic (exact) mass is 270 g/mol. The summed E-state index contributed by atoms with van der Waals surface area (Å²) in [5, 5.41) is 0. The summed E-state index contributed by atoms with van der Waals surface area (Å²) < 4.78 is 5.71. The molecule has 0 radical (unpaired) electrons. The molecule has 0 atom stereocenters. The first kappa shape index (κ1) is 14.3. The fraction of sp³-hybridized carbons (Fsp3) is 0.294. The summed E-state index contributed by atoms with van der Waals surface area (Å²) in [4.78, 5) is 2.15. The van der Waals surface area contributed by atoms with Crippen LogP contribution < -0.4 is 15.4 Å². The van der Waals surface area contributed by atoms with E-state index in [4.69, 9.17) is 10.5 Å². The van der Waals surface area contributed by atoms with Crippen LogP contribution in [0.5, 0.6) is 5.75 Å². The number of para-hydroxylation sites is 1. The molecule has 0 bridgehead atoms. The van der Waals surface area contributed by atoms with E-state index in [0.29, 0.717) is 6.61 Å². The van der Waals surface area contributed by atoms with E-state index in [2.05, 4.69) is 43.3 Å². The Labute approximate surface area is 121 Å². The highest BCUT2D eigenvalue weighted by molar-refractivity contribution is 5.52. The largest absolute Gasteiger partial charge is 0.494 e. The summed E-state index contributed by atoms with van der Waals surface area (Å²) in [6, 6.07) is 16.0. The fourth-order valence-corrected chi connectivity index (χ4v) is 2.18. The molecule has 0 spiro atoms.